The largest absolute Gasteiger partial charge is 0.410 e. The summed E-state index contributed by atoms with van der Waals surface area (Å²) in [6.45, 7) is 1.75. The van der Waals surface area contributed by atoms with Gasteiger partial charge in [0.1, 0.15) is 5.75 Å². The molecule has 0 atom stereocenters. The van der Waals surface area contributed by atoms with Crippen LogP contribution in [0.25, 0.3) is 0 Å². The van der Waals surface area contributed by atoms with E-state index >= 15 is 0 Å². The van der Waals surface area contributed by atoms with E-state index in [4.69, 9.17) is 17.3 Å². The summed E-state index contributed by atoms with van der Waals surface area (Å²) in [5.41, 5.74) is 5.55. The number of primary amides is 1. The zero-order chi connectivity index (χ0) is 9.14. The Morgan fingerprint density at radius 1 is 1.58 bits per heavy atom. The number of hydrogen-bond acceptors (Lipinski definition) is 2. The maximum atomic E-state index is 10.4. The zero-order valence-electron chi connectivity index (χ0n) is 6.50. The first-order chi connectivity index (χ1) is 5.61. The third-order valence-electron chi connectivity index (χ3n) is 1.43. The lowest BCUT2D eigenvalue weighted by Crippen LogP contribution is -2.16. The molecule has 0 unspecified atom stereocenters. The summed E-state index contributed by atoms with van der Waals surface area (Å²) in [5.74, 6) is 0.398. The van der Waals surface area contributed by atoms with E-state index in [2.05, 4.69) is 4.74 Å². The van der Waals surface area contributed by atoms with Gasteiger partial charge in [-0.3, -0.25) is 0 Å². The molecule has 3 nitrogen and oxygen atoms in total. The number of benzene rings is 1. The van der Waals surface area contributed by atoms with Gasteiger partial charge in [-0.1, -0.05) is 17.7 Å². The molecule has 0 aromatic heterocycles. The van der Waals surface area contributed by atoms with Crippen LogP contribution in [-0.4, -0.2) is 6.09 Å². The van der Waals surface area contributed by atoms with E-state index < -0.39 is 6.09 Å². The van der Waals surface area contributed by atoms with E-state index in [0.29, 0.717) is 16.3 Å². The highest BCUT2D eigenvalue weighted by Crippen LogP contribution is 2.24. The van der Waals surface area contributed by atoms with Crippen molar-refractivity contribution >= 4 is 17.7 Å². The van der Waals surface area contributed by atoms with Crippen molar-refractivity contribution in [1.82, 2.24) is 0 Å². The number of ether oxygens (including phenoxy) is 1. The van der Waals surface area contributed by atoms with E-state index in [9.17, 15) is 4.79 Å². The number of carbonyl (C=O) groups is 1. The number of hydrogen-bond donors (Lipinski definition) is 1. The molecular weight excluding hydrogens is 178 g/mol. The Bertz CT molecular complexity index is 312. The molecule has 0 bridgehead atoms. The predicted octanol–water partition coefficient (Wildman–Crippen LogP) is 2.11. The van der Waals surface area contributed by atoms with Gasteiger partial charge in [-0.2, -0.15) is 0 Å². The molecule has 0 aliphatic carbocycles. The molecule has 0 saturated heterocycles. The van der Waals surface area contributed by atoms with Crippen molar-refractivity contribution in [2.45, 2.75) is 6.92 Å². The van der Waals surface area contributed by atoms with Gasteiger partial charge in [0.15, 0.2) is 0 Å². The number of rotatable bonds is 1. The topological polar surface area (TPSA) is 52.3 Å². The SMILES string of the molecule is Cc1c(Cl)cccc1OC(N)=O. The standard InChI is InChI=1S/C8H8ClNO2/c1-5-6(9)3-2-4-7(5)12-8(10)11/h2-4H,1H3,(H2,10,11). The van der Waals surface area contributed by atoms with Crippen LogP contribution in [0.1, 0.15) is 5.56 Å². The van der Waals surface area contributed by atoms with Gasteiger partial charge in [-0.25, -0.2) is 4.79 Å². The maximum Gasteiger partial charge on any atom is 0.409 e. The third kappa shape index (κ3) is 1.89. The fourth-order valence-corrected chi connectivity index (χ4v) is 0.972. The molecular formula is C8H8ClNO2. The lowest BCUT2D eigenvalue weighted by molar-refractivity contribution is 0.210. The highest BCUT2D eigenvalue weighted by molar-refractivity contribution is 6.31. The fourth-order valence-electron chi connectivity index (χ4n) is 0.807. The van der Waals surface area contributed by atoms with Gasteiger partial charge in [0.2, 0.25) is 0 Å². The summed E-state index contributed by atoms with van der Waals surface area (Å²) < 4.78 is 4.68. The summed E-state index contributed by atoms with van der Waals surface area (Å²) in [7, 11) is 0. The van der Waals surface area contributed by atoms with Crippen LogP contribution in [0.4, 0.5) is 4.79 Å². The quantitative estimate of drug-likeness (QED) is 0.729. The Kier molecular flexibility index (Phi) is 2.55. The van der Waals surface area contributed by atoms with Crippen molar-refractivity contribution in [3.05, 3.63) is 28.8 Å². The van der Waals surface area contributed by atoms with Gasteiger partial charge in [-0.15, -0.1) is 0 Å². The van der Waals surface area contributed by atoms with Crippen LogP contribution in [0.15, 0.2) is 18.2 Å². The van der Waals surface area contributed by atoms with Crippen molar-refractivity contribution in [3.8, 4) is 5.75 Å². The summed E-state index contributed by atoms with van der Waals surface area (Å²) in [5, 5.41) is 0.550. The Labute approximate surface area is 75.1 Å². The van der Waals surface area contributed by atoms with Crippen LogP contribution < -0.4 is 10.5 Å². The monoisotopic (exact) mass is 185 g/mol. The molecule has 0 radical (unpaired) electrons. The zero-order valence-corrected chi connectivity index (χ0v) is 7.26. The first-order valence-corrected chi connectivity index (χ1v) is 3.71. The van der Waals surface area contributed by atoms with Crippen LogP contribution in [0.2, 0.25) is 5.02 Å². The second-order valence-electron chi connectivity index (χ2n) is 2.28. The van der Waals surface area contributed by atoms with Crippen molar-refractivity contribution < 1.29 is 9.53 Å². The van der Waals surface area contributed by atoms with E-state index in [1.807, 2.05) is 0 Å². The van der Waals surface area contributed by atoms with Gasteiger partial charge < -0.3 is 10.5 Å². The lowest BCUT2D eigenvalue weighted by Gasteiger charge is -2.04. The van der Waals surface area contributed by atoms with Gasteiger partial charge in [0, 0.05) is 10.6 Å². The molecule has 12 heavy (non-hydrogen) atoms. The molecule has 1 aromatic rings. The van der Waals surface area contributed by atoms with Crippen LogP contribution in [0, 0.1) is 6.92 Å². The fraction of sp³-hybridized carbons (Fsp3) is 0.125. The van der Waals surface area contributed by atoms with Gasteiger partial charge in [-0.05, 0) is 19.1 Å². The minimum Gasteiger partial charge on any atom is -0.410 e. The Balaban J connectivity index is 3.00. The van der Waals surface area contributed by atoms with E-state index in [-0.39, 0.29) is 0 Å². The Morgan fingerprint density at radius 3 is 2.83 bits per heavy atom. The number of halogens is 1. The molecule has 1 aromatic carbocycles. The minimum atomic E-state index is -0.833. The van der Waals surface area contributed by atoms with Crippen molar-refractivity contribution in [3.63, 3.8) is 0 Å². The normalized spacial score (nSPS) is 9.50. The van der Waals surface area contributed by atoms with Crippen molar-refractivity contribution in [2.24, 2.45) is 5.73 Å². The Hall–Kier alpha value is -1.22. The van der Waals surface area contributed by atoms with Crippen molar-refractivity contribution in [1.29, 1.82) is 0 Å². The second-order valence-corrected chi connectivity index (χ2v) is 2.69. The van der Waals surface area contributed by atoms with Crippen molar-refractivity contribution in [2.75, 3.05) is 0 Å². The average molecular weight is 186 g/mol. The van der Waals surface area contributed by atoms with E-state index in [0.717, 1.165) is 0 Å². The molecule has 0 spiro atoms. The van der Waals surface area contributed by atoms with Crippen LogP contribution in [0.3, 0.4) is 0 Å². The molecule has 2 N–H and O–H groups in total. The van der Waals surface area contributed by atoms with Gasteiger partial charge >= 0.3 is 6.09 Å². The summed E-state index contributed by atoms with van der Waals surface area (Å²) in [6, 6.07) is 5.03. The smallest absolute Gasteiger partial charge is 0.409 e. The van der Waals surface area contributed by atoms with E-state index in [1.54, 1.807) is 25.1 Å². The molecule has 0 aliphatic heterocycles. The average Bonchev–Trinajstić information content (AvgIpc) is 1.98. The lowest BCUT2D eigenvalue weighted by atomic mass is 10.2. The molecule has 1 rings (SSSR count). The first-order valence-electron chi connectivity index (χ1n) is 3.33. The molecule has 0 aliphatic rings. The minimum absolute atomic E-state index is 0.398. The van der Waals surface area contributed by atoms with E-state index in [1.165, 1.54) is 0 Å². The van der Waals surface area contributed by atoms with Crippen LogP contribution in [0.5, 0.6) is 5.75 Å². The summed E-state index contributed by atoms with van der Waals surface area (Å²) >= 11 is 5.77. The molecule has 0 heterocycles. The molecule has 0 saturated carbocycles. The van der Waals surface area contributed by atoms with Crippen LogP contribution >= 0.6 is 11.6 Å². The highest BCUT2D eigenvalue weighted by atomic mass is 35.5. The molecule has 1 amide bonds. The molecule has 4 heteroatoms. The number of nitrogens with two attached hydrogens (primary N) is 1. The maximum absolute atomic E-state index is 10.4. The highest BCUT2D eigenvalue weighted by Gasteiger charge is 2.04. The second kappa shape index (κ2) is 3.45. The van der Waals surface area contributed by atoms with Gasteiger partial charge in [0.05, 0.1) is 0 Å². The summed E-state index contributed by atoms with van der Waals surface area (Å²) in [4.78, 5) is 10.4. The first kappa shape index (κ1) is 8.87. The summed E-state index contributed by atoms with van der Waals surface area (Å²) in [6.07, 6.45) is -0.833. The Morgan fingerprint density at radius 2 is 2.25 bits per heavy atom. The van der Waals surface area contributed by atoms with Crippen LogP contribution in [-0.2, 0) is 0 Å². The third-order valence-corrected chi connectivity index (χ3v) is 1.84. The van der Waals surface area contributed by atoms with Gasteiger partial charge in [0.25, 0.3) is 0 Å². The number of amides is 1. The predicted molar refractivity (Wildman–Crippen MR) is 46.4 cm³/mol. The molecule has 0 fully saturated rings. The number of carbonyl (C=O) groups excluding carboxylic acids is 1. The molecule has 64 valence electrons.